The van der Waals surface area contributed by atoms with E-state index in [9.17, 15) is 4.39 Å². The number of nitrogens with zero attached hydrogens (tertiary/aromatic N) is 1. The summed E-state index contributed by atoms with van der Waals surface area (Å²) in [7, 11) is 0. The number of hydrogen-bond acceptors (Lipinski definition) is 3. The lowest BCUT2D eigenvalue weighted by Crippen LogP contribution is -2.22. The van der Waals surface area contributed by atoms with Crippen LogP contribution < -0.4 is 0 Å². The van der Waals surface area contributed by atoms with Crippen molar-refractivity contribution < 1.29 is 8.57 Å². The lowest BCUT2D eigenvalue weighted by atomic mass is 10.3. The van der Waals surface area contributed by atoms with E-state index in [4.69, 9.17) is 4.18 Å². The molecule has 0 N–H and O–H groups in total. The van der Waals surface area contributed by atoms with Crippen molar-refractivity contribution in [2.24, 2.45) is 0 Å². The summed E-state index contributed by atoms with van der Waals surface area (Å²) < 4.78 is 17.8. The van der Waals surface area contributed by atoms with Crippen LogP contribution in [0.4, 0.5) is 4.39 Å². The van der Waals surface area contributed by atoms with Gasteiger partial charge in [-0.3, -0.25) is 0 Å². The standard InChI is InChI=1S/C8H16FNOS/c1-12-11-6-2-4-10-5-3-8(9)7-10/h8H,2-7H2,1H3/t8-/m1/s1. The number of likely N-dealkylation sites (tertiary alicyclic amines) is 1. The maximum absolute atomic E-state index is 12.7. The van der Waals surface area contributed by atoms with E-state index >= 15 is 0 Å². The van der Waals surface area contributed by atoms with Crippen molar-refractivity contribution in [3.63, 3.8) is 0 Å². The normalized spacial score (nSPS) is 25.0. The molecule has 1 heterocycles. The van der Waals surface area contributed by atoms with E-state index in [0.29, 0.717) is 13.0 Å². The van der Waals surface area contributed by atoms with E-state index in [1.807, 2.05) is 6.26 Å². The van der Waals surface area contributed by atoms with Crippen molar-refractivity contribution in [3.05, 3.63) is 0 Å². The fraction of sp³-hybridized carbons (Fsp3) is 1.00. The molecule has 0 unspecified atom stereocenters. The summed E-state index contributed by atoms with van der Waals surface area (Å²) in [6, 6.07) is 0. The Kier molecular flexibility index (Phi) is 4.95. The molecule has 1 rings (SSSR count). The van der Waals surface area contributed by atoms with Crippen LogP contribution in [-0.4, -0.2) is 43.6 Å². The minimum atomic E-state index is -0.591. The molecule has 0 aliphatic carbocycles. The minimum absolute atomic E-state index is 0.591. The maximum atomic E-state index is 12.7. The first-order chi connectivity index (χ1) is 5.83. The number of alkyl halides is 1. The van der Waals surface area contributed by atoms with Crippen molar-refractivity contribution in [1.82, 2.24) is 4.90 Å². The molecule has 72 valence electrons. The third kappa shape index (κ3) is 3.74. The number of rotatable bonds is 5. The highest BCUT2D eigenvalue weighted by molar-refractivity contribution is 7.93. The molecule has 0 radical (unpaired) electrons. The first-order valence-electron chi connectivity index (χ1n) is 4.35. The van der Waals surface area contributed by atoms with Gasteiger partial charge in [0.1, 0.15) is 6.17 Å². The van der Waals surface area contributed by atoms with Crippen molar-refractivity contribution in [3.8, 4) is 0 Å². The maximum Gasteiger partial charge on any atom is 0.114 e. The van der Waals surface area contributed by atoms with Crippen LogP contribution in [0, 0.1) is 0 Å². The van der Waals surface area contributed by atoms with E-state index in [-0.39, 0.29) is 0 Å². The first kappa shape index (κ1) is 10.3. The zero-order valence-corrected chi connectivity index (χ0v) is 8.28. The fourth-order valence-electron chi connectivity index (χ4n) is 1.42. The molecule has 1 aliphatic rings. The lowest BCUT2D eigenvalue weighted by Gasteiger charge is -2.13. The average Bonchev–Trinajstić information content (AvgIpc) is 2.45. The predicted octanol–water partition coefficient (Wildman–Crippen LogP) is 1.71. The van der Waals surface area contributed by atoms with Gasteiger partial charge in [0.15, 0.2) is 0 Å². The molecule has 0 spiro atoms. The second kappa shape index (κ2) is 5.78. The molecule has 1 fully saturated rings. The van der Waals surface area contributed by atoms with Gasteiger partial charge >= 0.3 is 0 Å². The molecular weight excluding hydrogens is 177 g/mol. The second-order valence-corrected chi connectivity index (χ2v) is 3.60. The zero-order chi connectivity index (χ0) is 8.81. The van der Waals surface area contributed by atoms with Crippen LogP contribution in [0.5, 0.6) is 0 Å². The summed E-state index contributed by atoms with van der Waals surface area (Å²) in [6.07, 6.45) is 3.04. The Morgan fingerprint density at radius 1 is 1.67 bits per heavy atom. The van der Waals surface area contributed by atoms with Gasteiger partial charge in [-0.2, -0.15) is 0 Å². The molecule has 1 saturated heterocycles. The van der Waals surface area contributed by atoms with Crippen LogP contribution in [0.15, 0.2) is 0 Å². The van der Waals surface area contributed by atoms with E-state index < -0.39 is 6.17 Å². The summed E-state index contributed by atoms with van der Waals surface area (Å²) in [5, 5.41) is 0. The van der Waals surface area contributed by atoms with Crippen molar-refractivity contribution in [2.75, 3.05) is 32.5 Å². The Balaban J connectivity index is 1.93. The average molecular weight is 193 g/mol. The van der Waals surface area contributed by atoms with Crippen LogP contribution in [0.3, 0.4) is 0 Å². The van der Waals surface area contributed by atoms with Gasteiger partial charge in [-0.15, -0.1) is 0 Å². The van der Waals surface area contributed by atoms with Crippen LogP contribution in [0.2, 0.25) is 0 Å². The molecular formula is C8H16FNOS. The Morgan fingerprint density at radius 2 is 2.50 bits per heavy atom. The minimum Gasteiger partial charge on any atom is -0.316 e. The summed E-state index contributed by atoms with van der Waals surface area (Å²) in [6.45, 7) is 3.29. The third-order valence-corrected chi connectivity index (χ3v) is 2.44. The first-order valence-corrected chi connectivity index (χ1v) is 5.50. The molecule has 1 atom stereocenters. The summed E-state index contributed by atoms with van der Waals surface area (Å²) in [5.74, 6) is 0. The van der Waals surface area contributed by atoms with Gasteiger partial charge in [-0.1, -0.05) is 0 Å². The van der Waals surface area contributed by atoms with E-state index in [2.05, 4.69) is 4.90 Å². The molecule has 0 amide bonds. The molecule has 4 heteroatoms. The number of hydrogen-bond donors (Lipinski definition) is 0. The molecule has 0 bridgehead atoms. The highest BCUT2D eigenvalue weighted by Gasteiger charge is 2.20. The van der Waals surface area contributed by atoms with Crippen molar-refractivity contribution in [2.45, 2.75) is 19.0 Å². The Hall–Kier alpha value is 0.200. The van der Waals surface area contributed by atoms with Crippen LogP contribution in [0.1, 0.15) is 12.8 Å². The zero-order valence-electron chi connectivity index (χ0n) is 7.46. The quantitative estimate of drug-likeness (QED) is 0.487. The van der Waals surface area contributed by atoms with Crippen molar-refractivity contribution >= 4 is 12.0 Å². The second-order valence-electron chi connectivity index (χ2n) is 3.03. The Bertz CT molecular complexity index is 126. The fourth-order valence-corrected chi connectivity index (χ4v) is 1.70. The topological polar surface area (TPSA) is 12.5 Å². The van der Waals surface area contributed by atoms with Gasteiger partial charge in [0.25, 0.3) is 0 Å². The van der Waals surface area contributed by atoms with Gasteiger partial charge in [-0.25, -0.2) is 4.39 Å². The van der Waals surface area contributed by atoms with Gasteiger partial charge in [0.05, 0.1) is 6.61 Å². The van der Waals surface area contributed by atoms with Crippen LogP contribution >= 0.6 is 12.0 Å². The monoisotopic (exact) mass is 193 g/mol. The van der Waals surface area contributed by atoms with E-state index in [1.54, 1.807) is 0 Å². The highest BCUT2D eigenvalue weighted by Crippen LogP contribution is 2.12. The molecule has 0 aromatic heterocycles. The molecule has 0 aromatic rings. The highest BCUT2D eigenvalue weighted by atomic mass is 32.2. The Morgan fingerprint density at radius 3 is 3.08 bits per heavy atom. The van der Waals surface area contributed by atoms with Gasteiger partial charge in [0.2, 0.25) is 0 Å². The third-order valence-electron chi connectivity index (χ3n) is 2.03. The predicted molar refractivity (Wildman–Crippen MR) is 50.0 cm³/mol. The van der Waals surface area contributed by atoms with E-state index in [0.717, 1.165) is 26.1 Å². The Labute approximate surface area is 77.7 Å². The summed E-state index contributed by atoms with van der Waals surface area (Å²) in [5.41, 5.74) is 0. The smallest absolute Gasteiger partial charge is 0.114 e. The lowest BCUT2D eigenvalue weighted by molar-refractivity contribution is 0.262. The SMILES string of the molecule is CSOCCCN1CC[C@@H](F)C1. The van der Waals surface area contributed by atoms with Crippen LogP contribution in [0.25, 0.3) is 0 Å². The van der Waals surface area contributed by atoms with Gasteiger partial charge < -0.3 is 9.08 Å². The largest absolute Gasteiger partial charge is 0.316 e. The molecule has 2 nitrogen and oxygen atoms in total. The van der Waals surface area contributed by atoms with Crippen LogP contribution in [-0.2, 0) is 4.18 Å². The summed E-state index contributed by atoms with van der Waals surface area (Å²) >= 11 is 1.39. The molecule has 0 saturated carbocycles. The molecule has 12 heavy (non-hydrogen) atoms. The summed E-state index contributed by atoms with van der Waals surface area (Å²) in [4.78, 5) is 2.16. The molecule has 1 aliphatic heterocycles. The number of halogens is 1. The van der Waals surface area contributed by atoms with Gasteiger partial charge in [-0.05, 0) is 24.9 Å². The molecule has 0 aromatic carbocycles. The van der Waals surface area contributed by atoms with Gasteiger partial charge in [0, 0.05) is 25.9 Å². The van der Waals surface area contributed by atoms with Crippen molar-refractivity contribution in [1.29, 1.82) is 0 Å². The van der Waals surface area contributed by atoms with E-state index in [1.165, 1.54) is 12.0 Å².